The van der Waals surface area contributed by atoms with Crippen molar-refractivity contribution in [2.45, 2.75) is 32.1 Å². The second-order valence-corrected chi connectivity index (χ2v) is 6.19. The number of ketones is 1. The lowest BCUT2D eigenvalue weighted by Crippen LogP contribution is -2.26. The van der Waals surface area contributed by atoms with Crippen molar-refractivity contribution in [3.05, 3.63) is 34.1 Å². The minimum Gasteiger partial charge on any atom is -0.330 e. The van der Waals surface area contributed by atoms with Crippen LogP contribution in [0.25, 0.3) is 0 Å². The van der Waals surface area contributed by atoms with Gasteiger partial charge in [-0.25, -0.2) is 4.39 Å². The number of benzene rings is 1. The fourth-order valence-electron chi connectivity index (χ4n) is 2.73. The van der Waals surface area contributed by atoms with Crippen molar-refractivity contribution in [3.8, 4) is 0 Å². The zero-order valence-corrected chi connectivity index (χ0v) is 12.5. The van der Waals surface area contributed by atoms with Gasteiger partial charge in [0.15, 0.2) is 0 Å². The van der Waals surface area contributed by atoms with Crippen LogP contribution in [0.2, 0.25) is 0 Å². The summed E-state index contributed by atoms with van der Waals surface area (Å²) in [6, 6.07) is 4.49. The second kappa shape index (κ2) is 6.62. The van der Waals surface area contributed by atoms with Gasteiger partial charge in [0.1, 0.15) is 11.6 Å². The summed E-state index contributed by atoms with van der Waals surface area (Å²) in [5.74, 6) is 0.627. The second-order valence-electron chi connectivity index (χ2n) is 5.33. The molecule has 0 saturated heterocycles. The van der Waals surface area contributed by atoms with E-state index in [2.05, 4.69) is 15.9 Å². The molecular formula is C15H19BrFNO. The third-order valence-electron chi connectivity index (χ3n) is 4.01. The average molecular weight is 328 g/mol. The Balaban J connectivity index is 1.96. The summed E-state index contributed by atoms with van der Waals surface area (Å²) >= 11 is 3.37. The van der Waals surface area contributed by atoms with Gasteiger partial charge in [-0.15, -0.1) is 0 Å². The van der Waals surface area contributed by atoms with Crippen LogP contribution in [-0.2, 0) is 11.2 Å². The topological polar surface area (TPSA) is 43.1 Å². The predicted octanol–water partition coefficient (Wildman–Crippen LogP) is 3.46. The molecule has 0 atom stereocenters. The van der Waals surface area contributed by atoms with E-state index in [1.54, 1.807) is 6.07 Å². The summed E-state index contributed by atoms with van der Waals surface area (Å²) in [5.41, 5.74) is 6.39. The van der Waals surface area contributed by atoms with Crippen molar-refractivity contribution in [2.75, 3.05) is 6.54 Å². The SMILES string of the molecule is NCC1CCC(C(=O)Cc2cc(F)ccc2Br)CC1. The largest absolute Gasteiger partial charge is 0.330 e. The zero-order chi connectivity index (χ0) is 13.8. The Hall–Kier alpha value is -0.740. The quantitative estimate of drug-likeness (QED) is 0.920. The summed E-state index contributed by atoms with van der Waals surface area (Å²) in [6.07, 6.45) is 4.24. The van der Waals surface area contributed by atoms with E-state index in [0.29, 0.717) is 12.3 Å². The van der Waals surface area contributed by atoms with Crippen molar-refractivity contribution in [1.29, 1.82) is 0 Å². The van der Waals surface area contributed by atoms with Gasteiger partial charge in [0.25, 0.3) is 0 Å². The molecule has 0 spiro atoms. The van der Waals surface area contributed by atoms with Crippen molar-refractivity contribution >= 4 is 21.7 Å². The summed E-state index contributed by atoms with van der Waals surface area (Å²) in [5, 5.41) is 0. The monoisotopic (exact) mass is 327 g/mol. The summed E-state index contributed by atoms with van der Waals surface area (Å²) < 4.78 is 14.0. The molecule has 19 heavy (non-hydrogen) atoms. The van der Waals surface area contributed by atoms with Gasteiger partial charge in [0.05, 0.1) is 0 Å². The van der Waals surface area contributed by atoms with Crippen molar-refractivity contribution in [3.63, 3.8) is 0 Å². The number of rotatable bonds is 4. The predicted molar refractivity (Wildman–Crippen MR) is 77.3 cm³/mol. The fourth-order valence-corrected chi connectivity index (χ4v) is 3.12. The van der Waals surface area contributed by atoms with Gasteiger partial charge in [-0.1, -0.05) is 15.9 Å². The molecule has 1 aliphatic rings. The number of Topliss-reactive ketones (excluding diaryl/α,β-unsaturated/α-hetero) is 1. The highest BCUT2D eigenvalue weighted by Crippen LogP contribution is 2.30. The maximum absolute atomic E-state index is 13.2. The molecule has 0 radical (unpaired) electrons. The van der Waals surface area contributed by atoms with Crippen LogP contribution in [0.5, 0.6) is 0 Å². The van der Waals surface area contributed by atoms with Crippen LogP contribution in [0.3, 0.4) is 0 Å². The van der Waals surface area contributed by atoms with Gasteiger partial charge in [0.2, 0.25) is 0 Å². The van der Waals surface area contributed by atoms with E-state index >= 15 is 0 Å². The maximum atomic E-state index is 13.2. The Kier molecular flexibility index (Phi) is 5.11. The van der Waals surface area contributed by atoms with E-state index in [1.165, 1.54) is 12.1 Å². The van der Waals surface area contributed by atoms with E-state index in [4.69, 9.17) is 5.73 Å². The third-order valence-corrected chi connectivity index (χ3v) is 4.78. The van der Waals surface area contributed by atoms with E-state index in [0.717, 1.165) is 42.3 Å². The molecule has 0 aromatic heterocycles. The van der Waals surface area contributed by atoms with Crippen LogP contribution in [0.4, 0.5) is 4.39 Å². The molecule has 104 valence electrons. The highest BCUT2D eigenvalue weighted by Gasteiger charge is 2.25. The molecule has 0 amide bonds. The number of nitrogens with two attached hydrogens (primary N) is 1. The molecule has 0 bridgehead atoms. The van der Waals surface area contributed by atoms with E-state index in [1.807, 2.05) is 0 Å². The first-order valence-electron chi connectivity index (χ1n) is 6.77. The van der Waals surface area contributed by atoms with Crippen LogP contribution in [0, 0.1) is 17.7 Å². The number of halogens is 2. The number of hydrogen-bond acceptors (Lipinski definition) is 2. The molecule has 2 N–H and O–H groups in total. The molecule has 1 aliphatic carbocycles. The lowest BCUT2D eigenvalue weighted by Gasteiger charge is -2.26. The van der Waals surface area contributed by atoms with Gasteiger partial charge in [-0.05, 0) is 61.9 Å². The molecular weight excluding hydrogens is 309 g/mol. The smallest absolute Gasteiger partial charge is 0.140 e. The first-order valence-corrected chi connectivity index (χ1v) is 7.56. The lowest BCUT2D eigenvalue weighted by atomic mass is 9.79. The molecule has 0 aliphatic heterocycles. The van der Waals surface area contributed by atoms with Crippen molar-refractivity contribution in [1.82, 2.24) is 0 Å². The summed E-state index contributed by atoms with van der Waals surface area (Å²) in [7, 11) is 0. The molecule has 2 rings (SSSR count). The van der Waals surface area contributed by atoms with E-state index in [-0.39, 0.29) is 17.5 Å². The van der Waals surface area contributed by atoms with Crippen LogP contribution in [0.15, 0.2) is 22.7 Å². The molecule has 1 fully saturated rings. The highest BCUT2D eigenvalue weighted by atomic mass is 79.9. The van der Waals surface area contributed by atoms with Crippen LogP contribution < -0.4 is 5.73 Å². The van der Waals surface area contributed by atoms with Gasteiger partial charge in [-0.3, -0.25) is 4.79 Å². The van der Waals surface area contributed by atoms with E-state index < -0.39 is 0 Å². The summed E-state index contributed by atoms with van der Waals surface area (Å²) in [4.78, 5) is 12.3. The molecule has 1 aromatic rings. The summed E-state index contributed by atoms with van der Waals surface area (Å²) in [6.45, 7) is 0.719. The zero-order valence-electron chi connectivity index (χ0n) is 10.9. The molecule has 2 nitrogen and oxygen atoms in total. The third kappa shape index (κ3) is 3.86. The van der Waals surface area contributed by atoms with Crippen LogP contribution >= 0.6 is 15.9 Å². The first kappa shape index (κ1) is 14.7. The van der Waals surface area contributed by atoms with Crippen molar-refractivity contribution in [2.24, 2.45) is 17.6 Å². The minimum atomic E-state index is -0.294. The van der Waals surface area contributed by atoms with Gasteiger partial charge in [-0.2, -0.15) is 0 Å². The Morgan fingerprint density at radius 2 is 2.00 bits per heavy atom. The van der Waals surface area contributed by atoms with Gasteiger partial charge in [0, 0.05) is 16.8 Å². The van der Waals surface area contributed by atoms with E-state index in [9.17, 15) is 9.18 Å². The number of hydrogen-bond donors (Lipinski definition) is 1. The molecule has 1 saturated carbocycles. The number of carbonyl (C=O) groups excluding carboxylic acids is 1. The molecule has 4 heteroatoms. The van der Waals surface area contributed by atoms with Gasteiger partial charge < -0.3 is 5.73 Å². The Labute approximate surface area is 121 Å². The first-order chi connectivity index (χ1) is 9.10. The minimum absolute atomic E-state index is 0.123. The Bertz CT molecular complexity index is 455. The molecule has 0 unspecified atom stereocenters. The van der Waals surface area contributed by atoms with Crippen LogP contribution in [-0.4, -0.2) is 12.3 Å². The maximum Gasteiger partial charge on any atom is 0.140 e. The fraction of sp³-hybridized carbons (Fsp3) is 0.533. The average Bonchev–Trinajstić information content (AvgIpc) is 2.43. The van der Waals surface area contributed by atoms with Crippen LogP contribution in [0.1, 0.15) is 31.2 Å². The molecule has 1 aromatic carbocycles. The standard InChI is InChI=1S/C15H19BrFNO/c16-14-6-5-13(17)7-12(14)8-15(19)11-3-1-10(9-18)2-4-11/h5-7,10-11H,1-4,8-9,18H2. The highest BCUT2D eigenvalue weighted by molar-refractivity contribution is 9.10. The Morgan fingerprint density at radius 1 is 1.32 bits per heavy atom. The lowest BCUT2D eigenvalue weighted by molar-refractivity contribution is -0.123. The normalized spacial score (nSPS) is 23.3. The molecule has 0 heterocycles. The van der Waals surface area contributed by atoms with Crippen molar-refractivity contribution < 1.29 is 9.18 Å². The Morgan fingerprint density at radius 3 is 2.63 bits per heavy atom. The van der Waals surface area contributed by atoms with Gasteiger partial charge >= 0.3 is 0 Å². The number of carbonyl (C=O) groups is 1.